The van der Waals surface area contributed by atoms with Gasteiger partial charge in [-0.2, -0.15) is 0 Å². The minimum absolute atomic E-state index is 0.0606. The predicted molar refractivity (Wildman–Crippen MR) is 91.6 cm³/mol. The Kier molecular flexibility index (Phi) is 5.89. The van der Waals surface area contributed by atoms with Gasteiger partial charge in [0.15, 0.2) is 0 Å². The largest absolute Gasteiger partial charge is 0.497 e. The van der Waals surface area contributed by atoms with Gasteiger partial charge in [0.25, 0.3) is 0 Å². The number of nitrogens with one attached hydrogen (secondary N) is 1. The first-order valence-electron chi connectivity index (χ1n) is 7.95. The molecule has 7 heteroatoms. The van der Waals surface area contributed by atoms with E-state index in [1.807, 2.05) is 0 Å². The number of carbonyl (C=O) groups excluding carboxylic acids is 2. The first-order chi connectivity index (χ1) is 11.5. The van der Waals surface area contributed by atoms with Gasteiger partial charge in [0.05, 0.1) is 25.8 Å². The predicted octanol–water partition coefficient (Wildman–Crippen LogP) is 2.04. The molecule has 1 aliphatic rings. The van der Waals surface area contributed by atoms with Crippen LogP contribution in [0.2, 0.25) is 0 Å². The zero-order chi connectivity index (χ0) is 17.7. The van der Waals surface area contributed by atoms with Crippen molar-refractivity contribution in [3.05, 3.63) is 18.2 Å². The number of methoxy groups -OCH3 is 2. The van der Waals surface area contributed by atoms with Gasteiger partial charge in [0, 0.05) is 33.3 Å². The second kappa shape index (κ2) is 7.90. The number of carbonyl (C=O) groups is 2. The number of urea groups is 1. The summed E-state index contributed by atoms with van der Waals surface area (Å²) in [6.07, 6.45) is 1.58. The molecule has 7 nitrogen and oxygen atoms in total. The average Bonchev–Trinajstić information content (AvgIpc) is 2.61. The van der Waals surface area contributed by atoms with Crippen LogP contribution >= 0.6 is 0 Å². The summed E-state index contributed by atoms with van der Waals surface area (Å²) in [5, 5.41) is 2.90. The lowest BCUT2D eigenvalue weighted by Crippen LogP contribution is -2.47. The van der Waals surface area contributed by atoms with Gasteiger partial charge in [-0.15, -0.1) is 0 Å². The average molecular weight is 335 g/mol. The van der Waals surface area contributed by atoms with Crippen molar-refractivity contribution in [2.75, 3.05) is 46.7 Å². The third kappa shape index (κ3) is 4.10. The highest BCUT2D eigenvalue weighted by Gasteiger charge is 2.29. The summed E-state index contributed by atoms with van der Waals surface area (Å²) < 4.78 is 10.5. The van der Waals surface area contributed by atoms with E-state index in [-0.39, 0.29) is 17.9 Å². The fourth-order valence-corrected chi connectivity index (χ4v) is 2.78. The van der Waals surface area contributed by atoms with Gasteiger partial charge in [0.1, 0.15) is 11.5 Å². The first-order valence-corrected chi connectivity index (χ1v) is 7.95. The Morgan fingerprint density at radius 2 is 2.00 bits per heavy atom. The molecular formula is C17H25N3O4. The van der Waals surface area contributed by atoms with Crippen LogP contribution in [-0.4, -0.2) is 63.1 Å². The Bertz CT molecular complexity index is 603. The summed E-state index contributed by atoms with van der Waals surface area (Å²) in [4.78, 5) is 27.9. The van der Waals surface area contributed by atoms with E-state index in [1.54, 1.807) is 51.4 Å². The summed E-state index contributed by atoms with van der Waals surface area (Å²) in [6, 6.07) is 5.18. The van der Waals surface area contributed by atoms with Crippen LogP contribution in [-0.2, 0) is 4.79 Å². The molecule has 2 rings (SSSR count). The van der Waals surface area contributed by atoms with Crippen LogP contribution < -0.4 is 14.8 Å². The standard InChI is InChI=1S/C17H25N3O4/c1-19(2)17(22)20-9-5-6-12(11-20)16(21)18-14-8-7-13(23-3)10-15(14)24-4/h7-8,10,12H,5-6,9,11H2,1-4H3,(H,18,21). The molecule has 1 unspecified atom stereocenters. The molecule has 1 heterocycles. The molecule has 1 saturated heterocycles. The minimum atomic E-state index is -0.227. The molecule has 1 aromatic carbocycles. The number of ether oxygens (including phenoxy) is 2. The van der Waals surface area contributed by atoms with E-state index >= 15 is 0 Å². The monoisotopic (exact) mass is 335 g/mol. The Morgan fingerprint density at radius 3 is 2.62 bits per heavy atom. The maximum Gasteiger partial charge on any atom is 0.319 e. The minimum Gasteiger partial charge on any atom is -0.497 e. The number of anilines is 1. The van der Waals surface area contributed by atoms with Gasteiger partial charge in [-0.25, -0.2) is 4.79 Å². The molecule has 1 N–H and O–H groups in total. The van der Waals surface area contributed by atoms with Gasteiger partial charge in [0.2, 0.25) is 5.91 Å². The quantitative estimate of drug-likeness (QED) is 0.914. The maximum atomic E-state index is 12.6. The van der Waals surface area contributed by atoms with Crippen molar-refractivity contribution in [3.8, 4) is 11.5 Å². The fraction of sp³-hybridized carbons (Fsp3) is 0.529. The zero-order valence-electron chi connectivity index (χ0n) is 14.7. The van der Waals surface area contributed by atoms with E-state index < -0.39 is 0 Å². The zero-order valence-corrected chi connectivity index (χ0v) is 14.7. The molecule has 0 spiro atoms. The fourth-order valence-electron chi connectivity index (χ4n) is 2.78. The highest BCUT2D eigenvalue weighted by atomic mass is 16.5. The summed E-state index contributed by atoms with van der Waals surface area (Å²) in [5.74, 6) is 0.870. The molecule has 1 aromatic rings. The smallest absolute Gasteiger partial charge is 0.319 e. The van der Waals surface area contributed by atoms with Gasteiger partial charge >= 0.3 is 6.03 Å². The lowest BCUT2D eigenvalue weighted by Gasteiger charge is -2.33. The highest BCUT2D eigenvalue weighted by molar-refractivity contribution is 5.94. The topological polar surface area (TPSA) is 71.1 Å². The number of hydrogen-bond donors (Lipinski definition) is 1. The number of benzene rings is 1. The highest BCUT2D eigenvalue weighted by Crippen LogP contribution is 2.30. The maximum absolute atomic E-state index is 12.6. The van der Waals surface area contributed by atoms with E-state index in [1.165, 1.54) is 4.90 Å². The Labute approximate surface area is 142 Å². The molecule has 0 saturated carbocycles. The van der Waals surface area contributed by atoms with Crippen molar-refractivity contribution in [2.24, 2.45) is 5.92 Å². The molecule has 0 radical (unpaired) electrons. The molecule has 1 fully saturated rings. The van der Waals surface area contributed by atoms with Gasteiger partial charge in [-0.05, 0) is 25.0 Å². The van der Waals surface area contributed by atoms with E-state index in [4.69, 9.17) is 9.47 Å². The second-order valence-corrected chi connectivity index (χ2v) is 6.02. The first kappa shape index (κ1) is 17.9. The van der Waals surface area contributed by atoms with Gasteiger partial charge in [-0.3, -0.25) is 4.79 Å². The molecule has 0 aromatic heterocycles. The Morgan fingerprint density at radius 1 is 1.25 bits per heavy atom. The number of rotatable bonds is 4. The SMILES string of the molecule is COc1ccc(NC(=O)C2CCCN(C(=O)N(C)C)C2)c(OC)c1. The van der Waals surface area contributed by atoms with E-state index in [0.717, 1.165) is 12.8 Å². The normalized spacial score (nSPS) is 17.2. The number of piperidine rings is 1. The van der Waals surface area contributed by atoms with E-state index in [9.17, 15) is 9.59 Å². The lowest BCUT2D eigenvalue weighted by atomic mass is 9.97. The van der Waals surface area contributed by atoms with Crippen LogP contribution in [0.15, 0.2) is 18.2 Å². The van der Waals surface area contributed by atoms with E-state index in [2.05, 4.69) is 5.32 Å². The van der Waals surface area contributed by atoms with Crippen molar-refractivity contribution in [1.29, 1.82) is 0 Å². The molecule has 1 atom stereocenters. The van der Waals surface area contributed by atoms with Crippen LogP contribution in [0.1, 0.15) is 12.8 Å². The summed E-state index contributed by atoms with van der Waals surface area (Å²) >= 11 is 0. The summed E-state index contributed by atoms with van der Waals surface area (Å²) in [7, 11) is 6.55. The molecule has 0 aliphatic carbocycles. The van der Waals surface area contributed by atoms with Crippen LogP contribution in [0.25, 0.3) is 0 Å². The molecule has 24 heavy (non-hydrogen) atoms. The molecular weight excluding hydrogens is 310 g/mol. The van der Waals surface area contributed by atoms with Crippen LogP contribution in [0.4, 0.5) is 10.5 Å². The van der Waals surface area contributed by atoms with Crippen molar-refractivity contribution in [3.63, 3.8) is 0 Å². The lowest BCUT2D eigenvalue weighted by molar-refractivity contribution is -0.121. The number of nitrogens with zero attached hydrogens (tertiary/aromatic N) is 2. The number of hydrogen-bond acceptors (Lipinski definition) is 4. The van der Waals surface area contributed by atoms with E-state index in [0.29, 0.717) is 30.3 Å². The van der Waals surface area contributed by atoms with Crippen molar-refractivity contribution < 1.29 is 19.1 Å². The van der Waals surface area contributed by atoms with Crippen LogP contribution in [0.3, 0.4) is 0 Å². The number of amides is 3. The van der Waals surface area contributed by atoms with Crippen LogP contribution in [0, 0.1) is 5.92 Å². The van der Waals surface area contributed by atoms with Crippen molar-refractivity contribution in [1.82, 2.24) is 9.80 Å². The molecule has 132 valence electrons. The number of likely N-dealkylation sites (tertiary alicyclic amines) is 1. The van der Waals surface area contributed by atoms with Gasteiger partial charge < -0.3 is 24.6 Å². The van der Waals surface area contributed by atoms with Crippen molar-refractivity contribution in [2.45, 2.75) is 12.8 Å². The molecule has 0 bridgehead atoms. The van der Waals surface area contributed by atoms with Crippen molar-refractivity contribution >= 4 is 17.6 Å². The second-order valence-electron chi connectivity index (χ2n) is 6.02. The Hall–Kier alpha value is -2.44. The third-order valence-electron chi connectivity index (χ3n) is 4.11. The molecule has 1 aliphatic heterocycles. The van der Waals surface area contributed by atoms with Crippen LogP contribution in [0.5, 0.6) is 11.5 Å². The Balaban J connectivity index is 2.05. The van der Waals surface area contributed by atoms with Gasteiger partial charge in [-0.1, -0.05) is 0 Å². The summed E-state index contributed by atoms with van der Waals surface area (Å²) in [5.41, 5.74) is 0.597. The third-order valence-corrected chi connectivity index (χ3v) is 4.11. The summed E-state index contributed by atoms with van der Waals surface area (Å²) in [6.45, 7) is 1.12. The molecule has 3 amide bonds.